The van der Waals surface area contributed by atoms with Crippen molar-refractivity contribution in [3.8, 4) is 0 Å². The van der Waals surface area contributed by atoms with Gasteiger partial charge in [-0.15, -0.1) is 0 Å². The average Bonchev–Trinajstić information content (AvgIpc) is 3.05. The van der Waals surface area contributed by atoms with E-state index >= 15 is 0 Å². The fraction of sp³-hybridized carbons (Fsp3) is 0.816. The van der Waals surface area contributed by atoms with Gasteiger partial charge in [-0.1, -0.05) is 147 Å². The van der Waals surface area contributed by atoms with Gasteiger partial charge in [0.05, 0.1) is 25.4 Å². The average molecular weight is 685 g/mol. The van der Waals surface area contributed by atoms with Gasteiger partial charge in [0, 0.05) is 13.0 Å². The molecule has 8 nitrogen and oxygen atoms in total. The minimum absolute atomic E-state index is 0.0754. The largest absolute Gasteiger partial charge is 0.472 e. The molecule has 276 valence electrons. The summed E-state index contributed by atoms with van der Waals surface area (Å²) in [6.45, 7) is 4.08. The smallest absolute Gasteiger partial charge is 0.387 e. The lowest BCUT2D eigenvalue weighted by Gasteiger charge is -2.23. The van der Waals surface area contributed by atoms with E-state index in [4.69, 9.17) is 14.8 Å². The molecule has 0 heterocycles. The van der Waals surface area contributed by atoms with Crippen LogP contribution in [0.3, 0.4) is 0 Å². The molecule has 0 aromatic rings. The minimum atomic E-state index is -4.33. The first-order valence-electron chi connectivity index (χ1n) is 19.1. The number of aliphatic hydroxyl groups is 1. The molecule has 0 aromatic carbocycles. The van der Waals surface area contributed by atoms with E-state index in [9.17, 15) is 19.4 Å². The monoisotopic (exact) mass is 685 g/mol. The number of amides is 1. The Morgan fingerprint density at radius 1 is 0.702 bits per heavy atom. The van der Waals surface area contributed by atoms with Crippen LogP contribution in [0.25, 0.3) is 0 Å². The normalized spacial score (nSPS) is 14.7. The van der Waals surface area contributed by atoms with Gasteiger partial charge in [-0.3, -0.25) is 13.8 Å². The number of unbranched alkanes of at least 4 members (excludes halogenated alkanes) is 19. The van der Waals surface area contributed by atoms with Gasteiger partial charge in [-0.2, -0.15) is 0 Å². The fourth-order valence-corrected chi connectivity index (χ4v) is 6.04. The Bertz CT molecular complexity index is 835. The fourth-order valence-electron chi connectivity index (χ4n) is 5.28. The second-order valence-corrected chi connectivity index (χ2v) is 14.2. The summed E-state index contributed by atoms with van der Waals surface area (Å²) in [5.41, 5.74) is 5.35. The van der Waals surface area contributed by atoms with Crippen LogP contribution in [0.2, 0.25) is 0 Å². The zero-order valence-electron chi connectivity index (χ0n) is 30.3. The molecule has 0 radical (unpaired) electrons. The maximum atomic E-state index is 12.7. The van der Waals surface area contributed by atoms with Crippen molar-refractivity contribution in [2.45, 2.75) is 180 Å². The lowest BCUT2D eigenvalue weighted by molar-refractivity contribution is -0.123. The maximum absolute atomic E-state index is 12.7. The van der Waals surface area contributed by atoms with Gasteiger partial charge >= 0.3 is 7.82 Å². The summed E-state index contributed by atoms with van der Waals surface area (Å²) in [5.74, 6) is -0.210. The molecule has 3 atom stereocenters. The summed E-state index contributed by atoms with van der Waals surface area (Å²) in [6.07, 6.45) is 39.0. The molecule has 0 spiro atoms. The van der Waals surface area contributed by atoms with Crippen molar-refractivity contribution in [2.24, 2.45) is 5.73 Å². The number of hydrogen-bond acceptors (Lipinski definition) is 6. The van der Waals surface area contributed by atoms with Crippen LogP contribution in [0, 0.1) is 0 Å². The number of phosphoric acid groups is 1. The molecule has 0 aromatic heterocycles. The number of nitrogens with one attached hydrogen (secondary N) is 1. The van der Waals surface area contributed by atoms with E-state index < -0.39 is 20.0 Å². The quantitative estimate of drug-likeness (QED) is 0.0297. The summed E-state index contributed by atoms with van der Waals surface area (Å²) >= 11 is 0. The molecule has 9 heteroatoms. The van der Waals surface area contributed by atoms with E-state index in [2.05, 4.69) is 43.5 Å². The second kappa shape index (κ2) is 34.6. The van der Waals surface area contributed by atoms with Crippen LogP contribution in [-0.4, -0.2) is 47.8 Å². The van der Waals surface area contributed by atoms with Crippen molar-refractivity contribution in [1.82, 2.24) is 5.32 Å². The van der Waals surface area contributed by atoms with Crippen molar-refractivity contribution in [2.75, 3.05) is 19.8 Å². The third kappa shape index (κ3) is 33.0. The molecule has 0 bridgehead atoms. The highest BCUT2D eigenvalue weighted by molar-refractivity contribution is 7.47. The predicted octanol–water partition coefficient (Wildman–Crippen LogP) is 10.00. The molecular weight excluding hydrogens is 611 g/mol. The van der Waals surface area contributed by atoms with Gasteiger partial charge in [0.25, 0.3) is 0 Å². The number of nitrogens with two attached hydrogens (primary N) is 1. The van der Waals surface area contributed by atoms with Crippen molar-refractivity contribution in [3.63, 3.8) is 0 Å². The molecule has 0 aliphatic heterocycles. The summed E-state index contributed by atoms with van der Waals surface area (Å²) in [5, 5.41) is 13.6. The van der Waals surface area contributed by atoms with Crippen molar-refractivity contribution in [1.29, 1.82) is 0 Å². The predicted molar refractivity (Wildman–Crippen MR) is 198 cm³/mol. The molecule has 1 amide bonds. The molecule has 0 aliphatic rings. The third-order valence-corrected chi connectivity index (χ3v) is 9.19. The first-order valence-corrected chi connectivity index (χ1v) is 20.6. The van der Waals surface area contributed by atoms with E-state index in [-0.39, 0.29) is 25.7 Å². The molecule has 5 N–H and O–H groups in total. The SMILES string of the molecule is CCCCCC/C=C\C/C=C\CCCCCCCC(=O)NC(COP(=O)(O)OCCN)C(O)/C=C/CCCCCCCCCCCC. The van der Waals surface area contributed by atoms with Gasteiger partial charge in [0.2, 0.25) is 5.91 Å². The summed E-state index contributed by atoms with van der Waals surface area (Å²) in [7, 11) is -4.33. The third-order valence-electron chi connectivity index (χ3n) is 8.21. The Morgan fingerprint density at radius 2 is 1.17 bits per heavy atom. The van der Waals surface area contributed by atoms with Gasteiger partial charge in [0.15, 0.2) is 0 Å². The highest BCUT2D eigenvalue weighted by Gasteiger charge is 2.26. The van der Waals surface area contributed by atoms with Crippen LogP contribution in [-0.2, 0) is 18.4 Å². The van der Waals surface area contributed by atoms with E-state index in [1.165, 1.54) is 83.5 Å². The van der Waals surface area contributed by atoms with E-state index in [1.807, 2.05) is 6.08 Å². The summed E-state index contributed by atoms with van der Waals surface area (Å²) in [4.78, 5) is 22.6. The standard InChI is InChI=1S/C38H73N2O6P/c1-3-5-7-9-11-13-15-17-18-19-20-22-24-26-28-30-32-38(42)40-36(35-46-47(43,44)45-34-33-39)37(41)31-29-27-25-23-21-16-14-12-10-8-6-4-2/h13,15,18-19,29,31,36-37,41H,3-12,14,16-17,20-28,30,32-35,39H2,1-2H3,(H,40,42)(H,43,44)/b15-13-,19-18-,31-29+. The minimum Gasteiger partial charge on any atom is -0.387 e. The highest BCUT2D eigenvalue weighted by atomic mass is 31.2. The number of aliphatic hydroxyl groups excluding tert-OH is 1. The van der Waals surface area contributed by atoms with Gasteiger partial charge < -0.3 is 21.1 Å². The number of carbonyl (C=O) groups is 1. The molecular formula is C38H73N2O6P. The molecule has 47 heavy (non-hydrogen) atoms. The Hall–Kier alpha value is -1.28. The number of hydrogen-bond donors (Lipinski definition) is 4. The van der Waals surface area contributed by atoms with Gasteiger partial charge in [0.1, 0.15) is 0 Å². The highest BCUT2D eigenvalue weighted by Crippen LogP contribution is 2.43. The maximum Gasteiger partial charge on any atom is 0.472 e. The Kier molecular flexibility index (Phi) is 33.6. The number of carbonyl (C=O) groups excluding carboxylic acids is 1. The first-order chi connectivity index (χ1) is 22.9. The molecule has 0 saturated carbocycles. The van der Waals surface area contributed by atoms with E-state index in [0.717, 1.165) is 64.2 Å². The molecule has 0 saturated heterocycles. The number of allylic oxidation sites excluding steroid dienone is 5. The molecule has 3 unspecified atom stereocenters. The Morgan fingerprint density at radius 3 is 1.70 bits per heavy atom. The van der Waals surface area contributed by atoms with Crippen LogP contribution < -0.4 is 11.1 Å². The molecule has 0 rings (SSSR count). The zero-order chi connectivity index (χ0) is 34.7. The van der Waals surface area contributed by atoms with E-state index in [0.29, 0.717) is 6.42 Å². The lowest BCUT2D eigenvalue weighted by atomic mass is 10.1. The van der Waals surface area contributed by atoms with Crippen LogP contribution >= 0.6 is 7.82 Å². The van der Waals surface area contributed by atoms with Crippen molar-refractivity contribution in [3.05, 3.63) is 36.5 Å². The first kappa shape index (κ1) is 45.7. The molecule has 0 aliphatic carbocycles. The Balaban J connectivity index is 4.34. The van der Waals surface area contributed by atoms with E-state index in [1.54, 1.807) is 6.08 Å². The van der Waals surface area contributed by atoms with Crippen LogP contribution in [0.15, 0.2) is 36.5 Å². The second-order valence-electron chi connectivity index (χ2n) is 12.8. The van der Waals surface area contributed by atoms with Crippen molar-refractivity contribution >= 4 is 13.7 Å². The Labute approximate surface area is 289 Å². The van der Waals surface area contributed by atoms with Gasteiger partial charge in [-0.25, -0.2) is 4.57 Å². The summed E-state index contributed by atoms with van der Waals surface area (Å²) in [6, 6.07) is -0.865. The lowest BCUT2D eigenvalue weighted by Crippen LogP contribution is -2.45. The summed E-state index contributed by atoms with van der Waals surface area (Å²) < 4.78 is 22.0. The zero-order valence-corrected chi connectivity index (χ0v) is 31.2. The van der Waals surface area contributed by atoms with Gasteiger partial charge in [-0.05, 0) is 51.4 Å². The number of phosphoric ester groups is 1. The molecule has 0 fully saturated rings. The topological polar surface area (TPSA) is 131 Å². The number of rotatable bonds is 35. The van der Waals surface area contributed by atoms with Crippen LogP contribution in [0.5, 0.6) is 0 Å². The van der Waals surface area contributed by atoms with Crippen LogP contribution in [0.4, 0.5) is 0 Å². The van der Waals surface area contributed by atoms with Crippen molar-refractivity contribution < 1.29 is 28.4 Å². The van der Waals surface area contributed by atoms with Crippen LogP contribution in [0.1, 0.15) is 168 Å².